The largest absolute Gasteiger partial charge is 0.507 e. The number of carbonyl (C=O) groups excluding carboxylic acids is 2. The fourth-order valence-corrected chi connectivity index (χ4v) is 5.58. The second kappa shape index (κ2) is 8.96. The van der Waals surface area contributed by atoms with Gasteiger partial charge in [0.15, 0.2) is 0 Å². The Hall–Kier alpha value is -4.32. The second-order valence-corrected chi connectivity index (χ2v) is 9.67. The maximum Gasteiger partial charge on any atom is 0.300 e. The van der Waals surface area contributed by atoms with E-state index in [0.29, 0.717) is 17.9 Å². The smallest absolute Gasteiger partial charge is 0.300 e. The van der Waals surface area contributed by atoms with Gasteiger partial charge in [-0.25, -0.2) is 0 Å². The van der Waals surface area contributed by atoms with Crippen LogP contribution in [0.2, 0.25) is 0 Å². The van der Waals surface area contributed by atoms with Gasteiger partial charge in [-0.3, -0.25) is 14.5 Å². The Balaban J connectivity index is 1.59. The van der Waals surface area contributed by atoms with E-state index in [1.165, 1.54) is 4.90 Å². The van der Waals surface area contributed by atoms with Crippen LogP contribution in [-0.4, -0.2) is 28.4 Å². The summed E-state index contributed by atoms with van der Waals surface area (Å²) in [5.41, 5.74) is 5.89. The lowest BCUT2D eigenvalue weighted by molar-refractivity contribution is -0.132. The first kappa shape index (κ1) is 23.1. The number of anilines is 1. The highest BCUT2D eigenvalue weighted by molar-refractivity contribution is 6.52. The number of nitrogens with zero attached hydrogens (tertiary/aromatic N) is 1. The fourth-order valence-electron chi connectivity index (χ4n) is 5.58. The van der Waals surface area contributed by atoms with Gasteiger partial charge in [-0.15, -0.1) is 0 Å². The molecule has 0 bridgehead atoms. The molecule has 1 aromatic heterocycles. The SMILES string of the molecule is CCc1ccc(N2C(=O)C(=O)/C(=C(/O)c3ccc4c(c3)CCCO4)C2c2c(C)[nH]c3ccccc23)cc1. The van der Waals surface area contributed by atoms with E-state index in [4.69, 9.17) is 4.74 Å². The van der Waals surface area contributed by atoms with Gasteiger partial charge in [-0.05, 0) is 73.7 Å². The van der Waals surface area contributed by atoms with Gasteiger partial charge in [0.1, 0.15) is 11.5 Å². The van der Waals surface area contributed by atoms with Gasteiger partial charge in [-0.2, -0.15) is 0 Å². The molecule has 2 aliphatic heterocycles. The molecule has 6 rings (SSSR count). The third-order valence-corrected chi connectivity index (χ3v) is 7.47. The molecular formula is C31H28N2O4. The molecule has 3 heterocycles. The molecule has 1 unspecified atom stereocenters. The second-order valence-electron chi connectivity index (χ2n) is 9.67. The highest BCUT2D eigenvalue weighted by Crippen LogP contribution is 2.45. The first-order chi connectivity index (χ1) is 18.0. The molecule has 2 N–H and O–H groups in total. The fraction of sp³-hybridized carbons (Fsp3) is 0.226. The Labute approximate surface area is 215 Å². The van der Waals surface area contributed by atoms with Crippen LogP contribution in [-0.2, 0) is 22.4 Å². The summed E-state index contributed by atoms with van der Waals surface area (Å²) in [6, 6.07) is 20.2. The molecule has 37 heavy (non-hydrogen) atoms. The summed E-state index contributed by atoms with van der Waals surface area (Å²) in [6.07, 6.45) is 2.59. The van der Waals surface area contributed by atoms with Gasteiger partial charge < -0.3 is 14.8 Å². The zero-order valence-corrected chi connectivity index (χ0v) is 20.9. The number of amides is 1. The Bertz CT molecular complexity index is 1580. The molecule has 186 valence electrons. The molecule has 1 atom stereocenters. The number of hydrogen-bond acceptors (Lipinski definition) is 4. The molecule has 0 saturated carbocycles. The van der Waals surface area contributed by atoms with Gasteiger partial charge in [0, 0.05) is 33.4 Å². The summed E-state index contributed by atoms with van der Waals surface area (Å²) < 4.78 is 5.73. The van der Waals surface area contributed by atoms with E-state index in [-0.39, 0.29) is 11.3 Å². The predicted octanol–water partition coefficient (Wildman–Crippen LogP) is 5.99. The van der Waals surface area contributed by atoms with E-state index < -0.39 is 17.7 Å². The average Bonchev–Trinajstić information content (AvgIpc) is 3.39. The quantitative estimate of drug-likeness (QED) is 0.208. The van der Waals surface area contributed by atoms with Crippen molar-refractivity contribution in [2.24, 2.45) is 0 Å². The van der Waals surface area contributed by atoms with Crippen LogP contribution < -0.4 is 9.64 Å². The first-order valence-corrected chi connectivity index (χ1v) is 12.7. The summed E-state index contributed by atoms with van der Waals surface area (Å²) in [6.45, 7) is 4.67. The van der Waals surface area contributed by atoms with Crippen LogP contribution in [0.15, 0.2) is 72.3 Å². The van der Waals surface area contributed by atoms with Gasteiger partial charge in [0.05, 0.1) is 18.2 Å². The molecule has 6 heteroatoms. The molecule has 1 amide bonds. The third-order valence-electron chi connectivity index (χ3n) is 7.47. The number of aliphatic hydroxyl groups is 1. The molecule has 2 aliphatic rings. The topological polar surface area (TPSA) is 82.6 Å². The van der Waals surface area contributed by atoms with Gasteiger partial charge in [0.25, 0.3) is 11.7 Å². The van der Waals surface area contributed by atoms with Crippen LogP contribution in [0.25, 0.3) is 16.7 Å². The van der Waals surface area contributed by atoms with Crippen LogP contribution in [0.5, 0.6) is 5.75 Å². The summed E-state index contributed by atoms with van der Waals surface area (Å²) in [5.74, 6) is -0.722. The van der Waals surface area contributed by atoms with Gasteiger partial charge >= 0.3 is 0 Å². The number of H-pyrrole nitrogens is 1. The van der Waals surface area contributed by atoms with Gasteiger partial charge in [0.2, 0.25) is 0 Å². The number of aromatic amines is 1. The Morgan fingerprint density at radius 1 is 1.08 bits per heavy atom. The van der Waals surface area contributed by atoms with Crippen molar-refractivity contribution < 1.29 is 19.4 Å². The molecule has 1 saturated heterocycles. The van der Waals surface area contributed by atoms with Crippen molar-refractivity contribution in [3.05, 3.63) is 100 Å². The number of Topliss-reactive ketones (excluding diaryl/α,β-unsaturated/α-hetero) is 1. The van der Waals surface area contributed by atoms with Crippen molar-refractivity contribution in [3.63, 3.8) is 0 Å². The Kier molecular flexibility index (Phi) is 5.60. The zero-order valence-electron chi connectivity index (χ0n) is 20.9. The highest BCUT2D eigenvalue weighted by Gasteiger charge is 2.48. The van der Waals surface area contributed by atoms with E-state index in [2.05, 4.69) is 11.9 Å². The van der Waals surface area contributed by atoms with E-state index in [1.54, 1.807) is 6.07 Å². The molecular weight excluding hydrogens is 464 g/mol. The van der Waals surface area contributed by atoms with Crippen molar-refractivity contribution >= 4 is 34.0 Å². The third kappa shape index (κ3) is 3.71. The summed E-state index contributed by atoms with van der Waals surface area (Å²) in [7, 11) is 0. The van der Waals surface area contributed by atoms with E-state index in [9.17, 15) is 14.7 Å². The maximum absolute atomic E-state index is 13.6. The van der Waals surface area contributed by atoms with Crippen LogP contribution in [0, 0.1) is 6.92 Å². The van der Waals surface area contributed by atoms with Crippen molar-refractivity contribution in [3.8, 4) is 5.75 Å². The summed E-state index contributed by atoms with van der Waals surface area (Å²) in [5, 5.41) is 12.5. The number of fused-ring (bicyclic) bond motifs is 2. The number of ether oxygens (including phenoxy) is 1. The lowest BCUT2D eigenvalue weighted by atomic mass is 9.92. The number of ketones is 1. The lowest BCUT2D eigenvalue weighted by Crippen LogP contribution is -2.29. The number of carbonyl (C=O) groups is 2. The average molecular weight is 493 g/mol. The van der Waals surface area contributed by atoms with Crippen LogP contribution in [0.4, 0.5) is 5.69 Å². The maximum atomic E-state index is 13.6. The van der Waals surface area contributed by atoms with Crippen molar-refractivity contribution in [2.75, 3.05) is 11.5 Å². The van der Waals surface area contributed by atoms with Crippen molar-refractivity contribution in [1.82, 2.24) is 4.98 Å². The minimum absolute atomic E-state index is 0.0918. The molecule has 3 aromatic carbocycles. The number of benzene rings is 3. The molecule has 0 aliphatic carbocycles. The normalized spacial score (nSPS) is 18.8. The van der Waals surface area contributed by atoms with Gasteiger partial charge in [-0.1, -0.05) is 37.3 Å². The summed E-state index contributed by atoms with van der Waals surface area (Å²) >= 11 is 0. The standard InChI is InChI=1S/C31H28N2O4/c1-3-19-10-13-22(14-11-19)33-28(26-18(2)32-24-9-5-4-8-23(24)26)27(30(35)31(33)36)29(34)21-12-15-25-20(17-21)7-6-16-37-25/h4-5,8-15,17,28,32,34H,3,6-7,16H2,1-2H3/b29-27+. The lowest BCUT2D eigenvalue weighted by Gasteiger charge is -2.26. The van der Waals surface area contributed by atoms with Crippen molar-refractivity contribution in [1.29, 1.82) is 0 Å². The number of rotatable bonds is 4. The molecule has 6 nitrogen and oxygen atoms in total. The number of aryl methyl sites for hydroxylation is 3. The first-order valence-electron chi connectivity index (χ1n) is 12.7. The summed E-state index contributed by atoms with van der Waals surface area (Å²) in [4.78, 5) is 32.1. The number of aromatic nitrogens is 1. The van der Waals surface area contributed by atoms with E-state index in [1.807, 2.05) is 67.6 Å². The number of para-hydroxylation sites is 1. The molecule has 0 spiro atoms. The minimum atomic E-state index is -0.782. The Morgan fingerprint density at radius 3 is 2.65 bits per heavy atom. The highest BCUT2D eigenvalue weighted by atomic mass is 16.5. The van der Waals surface area contributed by atoms with Crippen LogP contribution in [0.1, 0.15) is 47.3 Å². The predicted molar refractivity (Wildman–Crippen MR) is 144 cm³/mol. The zero-order chi connectivity index (χ0) is 25.7. The number of aliphatic hydroxyl groups excluding tert-OH is 1. The monoisotopic (exact) mass is 492 g/mol. The van der Waals surface area contributed by atoms with Crippen LogP contribution >= 0.6 is 0 Å². The van der Waals surface area contributed by atoms with Crippen LogP contribution in [0.3, 0.4) is 0 Å². The number of nitrogens with one attached hydrogen (secondary N) is 1. The Morgan fingerprint density at radius 2 is 1.86 bits per heavy atom. The van der Waals surface area contributed by atoms with E-state index in [0.717, 1.165) is 58.3 Å². The minimum Gasteiger partial charge on any atom is -0.507 e. The van der Waals surface area contributed by atoms with Crippen molar-refractivity contribution in [2.45, 2.75) is 39.2 Å². The molecule has 0 radical (unpaired) electrons. The molecule has 4 aromatic rings. The molecule has 1 fully saturated rings. The van der Waals surface area contributed by atoms with E-state index >= 15 is 0 Å². The number of hydrogen-bond donors (Lipinski definition) is 2.